The summed E-state index contributed by atoms with van der Waals surface area (Å²) >= 11 is 1.61. The minimum atomic E-state index is -0.432. The lowest BCUT2D eigenvalue weighted by Gasteiger charge is -2.12. The summed E-state index contributed by atoms with van der Waals surface area (Å²) in [6.07, 6.45) is 2.40. The van der Waals surface area contributed by atoms with Gasteiger partial charge in [-0.05, 0) is 49.2 Å². The van der Waals surface area contributed by atoms with Crippen LogP contribution in [-0.2, 0) is 9.47 Å². The maximum Gasteiger partial charge on any atom is 0.344 e. The van der Waals surface area contributed by atoms with Crippen LogP contribution in [0.5, 0.6) is 5.75 Å². The third kappa shape index (κ3) is 4.65. The van der Waals surface area contributed by atoms with Gasteiger partial charge in [-0.25, -0.2) is 9.59 Å². The summed E-state index contributed by atoms with van der Waals surface area (Å²) in [6, 6.07) is 13.7. The first-order valence-corrected chi connectivity index (χ1v) is 9.40. The smallest absolute Gasteiger partial charge is 0.344 e. The van der Waals surface area contributed by atoms with Crippen LogP contribution in [0.25, 0.3) is 0 Å². The van der Waals surface area contributed by atoms with Crippen molar-refractivity contribution < 1.29 is 23.8 Å². The van der Waals surface area contributed by atoms with Gasteiger partial charge in [0.15, 0.2) is 0 Å². The highest BCUT2D eigenvalue weighted by atomic mass is 32.2. The van der Waals surface area contributed by atoms with E-state index in [2.05, 4.69) is 4.74 Å². The summed E-state index contributed by atoms with van der Waals surface area (Å²) in [4.78, 5) is 24.9. The van der Waals surface area contributed by atoms with Crippen molar-refractivity contribution in [2.45, 2.75) is 23.8 Å². The number of hydrogen-bond donors (Lipinski definition) is 0. The first-order chi connectivity index (χ1) is 12.7. The van der Waals surface area contributed by atoms with Gasteiger partial charge in [-0.1, -0.05) is 12.1 Å². The Hall–Kier alpha value is -2.31. The molecule has 136 valence electrons. The first-order valence-electron chi connectivity index (χ1n) is 8.41. The average Bonchev–Trinajstić information content (AvgIpc) is 3.20. The molecule has 0 N–H and O–H groups in total. The zero-order valence-corrected chi connectivity index (χ0v) is 15.3. The minimum Gasteiger partial charge on any atom is -0.465 e. The number of esters is 2. The molecular formula is C20H20O5S. The molecule has 0 aromatic heterocycles. The average molecular weight is 372 g/mol. The second-order valence-corrected chi connectivity index (χ2v) is 6.91. The van der Waals surface area contributed by atoms with Crippen LogP contribution in [0.2, 0.25) is 0 Å². The van der Waals surface area contributed by atoms with Crippen molar-refractivity contribution in [3.8, 4) is 5.75 Å². The molecular weight excluding hydrogens is 352 g/mol. The molecule has 1 fully saturated rings. The highest BCUT2D eigenvalue weighted by molar-refractivity contribution is 7.99. The molecule has 1 aliphatic rings. The van der Waals surface area contributed by atoms with E-state index in [1.165, 1.54) is 7.11 Å². The highest BCUT2D eigenvalue weighted by Gasteiger charge is 2.19. The zero-order chi connectivity index (χ0) is 18.4. The number of thioether (sulfide) groups is 1. The van der Waals surface area contributed by atoms with Gasteiger partial charge in [-0.2, -0.15) is 0 Å². The Balaban J connectivity index is 1.66. The Morgan fingerprint density at radius 1 is 1.12 bits per heavy atom. The highest BCUT2D eigenvalue weighted by Crippen LogP contribution is 2.27. The minimum absolute atomic E-state index is 0.245. The SMILES string of the molecule is COC(=O)c1ccc(OC(=O)c2ccccc2SC[C@H]2CCCO2)cc1. The summed E-state index contributed by atoms with van der Waals surface area (Å²) < 4.78 is 15.7. The first kappa shape index (κ1) is 18.5. The Morgan fingerprint density at radius 3 is 2.58 bits per heavy atom. The van der Waals surface area contributed by atoms with Gasteiger partial charge in [0.05, 0.1) is 24.3 Å². The van der Waals surface area contributed by atoms with Crippen molar-refractivity contribution in [2.24, 2.45) is 0 Å². The van der Waals surface area contributed by atoms with Crippen molar-refractivity contribution in [1.29, 1.82) is 0 Å². The van der Waals surface area contributed by atoms with Gasteiger partial charge in [0.1, 0.15) is 5.75 Å². The maximum absolute atomic E-state index is 12.5. The lowest BCUT2D eigenvalue weighted by molar-refractivity contribution is 0.0600. The summed E-state index contributed by atoms with van der Waals surface area (Å²) in [5, 5.41) is 0. The van der Waals surface area contributed by atoms with E-state index in [9.17, 15) is 9.59 Å². The number of benzene rings is 2. The van der Waals surface area contributed by atoms with Crippen LogP contribution in [0.15, 0.2) is 53.4 Å². The van der Waals surface area contributed by atoms with Crippen LogP contribution >= 0.6 is 11.8 Å². The number of hydrogen-bond acceptors (Lipinski definition) is 6. The number of rotatable bonds is 6. The Morgan fingerprint density at radius 2 is 1.88 bits per heavy atom. The molecule has 0 spiro atoms. The molecule has 0 bridgehead atoms. The molecule has 0 aliphatic carbocycles. The van der Waals surface area contributed by atoms with Crippen LogP contribution in [-0.4, -0.2) is 37.5 Å². The molecule has 0 saturated carbocycles. The second kappa shape index (κ2) is 8.87. The van der Waals surface area contributed by atoms with Gasteiger partial charge >= 0.3 is 11.9 Å². The molecule has 2 aromatic rings. The monoisotopic (exact) mass is 372 g/mol. The third-order valence-electron chi connectivity index (χ3n) is 4.04. The predicted molar refractivity (Wildman–Crippen MR) is 98.9 cm³/mol. The van der Waals surface area contributed by atoms with E-state index in [4.69, 9.17) is 9.47 Å². The Labute approximate surface area is 156 Å². The topological polar surface area (TPSA) is 61.8 Å². The van der Waals surface area contributed by atoms with Crippen molar-refractivity contribution >= 4 is 23.7 Å². The van der Waals surface area contributed by atoms with E-state index in [1.807, 2.05) is 18.2 Å². The molecule has 1 saturated heterocycles. The van der Waals surface area contributed by atoms with E-state index in [0.717, 1.165) is 30.1 Å². The normalized spacial score (nSPS) is 16.3. The standard InChI is InChI=1S/C20H20O5S/c1-23-19(21)14-8-10-15(11-9-14)25-20(22)17-6-2-3-7-18(17)26-13-16-5-4-12-24-16/h2-3,6-11,16H,4-5,12-13H2,1H3/t16-/m1/s1. The van der Waals surface area contributed by atoms with E-state index >= 15 is 0 Å². The fourth-order valence-corrected chi connectivity index (χ4v) is 3.77. The Bertz CT molecular complexity index is 766. The summed E-state index contributed by atoms with van der Waals surface area (Å²) in [7, 11) is 1.32. The lowest BCUT2D eigenvalue weighted by Crippen LogP contribution is -2.12. The van der Waals surface area contributed by atoms with Crippen LogP contribution in [0.4, 0.5) is 0 Å². The third-order valence-corrected chi connectivity index (χ3v) is 5.25. The molecule has 1 atom stereocenters. The van der Waals surface area contributed by atoms with Crippen LogP contribution in [0.3, 0.4) is 0 Å². The van der Waals surface area contributed by atoms with E-state index in [-0.39, 0.29) is 6.10 Å². The van der Waals surface area contributed by atoms with Gasteiger partial charge in [0, 0.05) is 17.3 Å². The van der Waals surface area contributed by atoms with Crippen LogP contribution < -0.4 is 4.74 Å². The fraction of sp³-hybridized carbons (Fsp3) is 0.300. The molecule has 2 aromatic carbocycles. The van der Waals surface area contributed by atoms with Gasteiger partial charge in [-0.3, -0.25) is 0 Å². The van der Waals surface area contributed by atoms with Crippen molar-refractivity contribution in [2.75, 3.05) is 19.5 Å². The number of carbonyl (C=O) groups is 2. The molecule has 1 aliphatic heterocycles. The quantitative estimate of drug-likeness (QED) is 0.434. The van der Waals surface area contributed by atoms with Crippen LogP contribution in [0, 0.1) is 0 Å². The number of methoxy groups -OCH3 is 1. The fourth-order valence-electron chi connectivity index (χ4n) is 2.66. The molecule has 6 heteroatoms. The maximum atomic E-state index is 12.5. The molecule has 0 amide bonds. The van der Waals surface area contributed by atoms with Crippen molar-refractivity contribution in [1.82, 2.24) is 0 Å². The van der Waals surface area contributed by atoms with Crippen molar-refractivity contribution in [3.63, 3.8) is 0 Å². The molecule has 26 heavy (non-hydrogen) atoms. The predicted octanol–water partition coefficient (Wildman–Crippen LogP) is 3.96. The lowest BCUT2D eigenvalue weighted by atomic mass is 10.2. The molecule has 5 nitrogen and oxygen atoms in total. The van der Waals surface area contributed by atoms with E-state index in [0.29, 0.717) is 16.9 Å². The number of ether oxygens (including phenoxy) is 3. The summed E-state index contributed by atoms with van der Waals surface area (Å²) in [6.45, 7) is 0.816. The molecule has 3 rings (SSSR count). The molecule has 0 radical (unpaired) electrons. The Kier molecular flexibility index (Phi) is 6.30. The molecule has 1 heterocycles. The van der Waals surface area contributed by atoms with E-state index < -0.39 is 11.9 Å². The largest absolute Gasteiger partial charge is 0.465 e. The van der Waals surface area contributed by atoms with Crippen LogP contribution in [0.1, 0.15) is 33.6 Å². The van der Waals surface area contributed by atoms with E-state index in [1.54, 1.807) is 42.1 Å². The van der Waals surface area contributed by atoms with Crippen molar-refractivity contribution in [3.05, 3.63) is 59.7 Å². The zero-order valence-electron chi connectivity index (χ0n) is 14.5. The van der Waals surface area contributed by atoms with Gasteiger partial charge in [0.25, 0.3) is 0 Å². The number of carbonyl (C=O) groups excluding carboxylic acids is 2. The van der Waals surface area contributed by atoms with Gasteiger partial charge in [-0.15, -0.1) is 11.8 Å². The summed E-state index contributed by atoms with van der Waals surface area (Å²) in [5.74, 6) is 0.338. The second-order valence-electron chi connectivity index (χ2n) is 5.85. The molecule has 0 unspecified atom stereocenters. The summed E-state index contributed by atoms with van der Waals surface area (Å²) in [5.41, 5.74) is 0.923. The van der Waals surface area contributed by atoms with Gasteiger partial charge in [0.2, 0.25) is 0 Å². The van der Waals surface area contributed by atoms with Gasteiger partial charge < -0.3 is 14.2 Å².